The van der Waals surface area contributed by atoms with Crippen LogP contribution in [0.25, 0.3) is 11.5 Å². The summed E-state index contributed by atoms with van der Waals surface area (Å²) >= 11 is 0. The van der Waals surface area contributed by atoms with Crippen molar-refractivity contribution in [2.75, 3.05) is 32.0 Å². The van der Waals surface area contributed by atoms with E-state index in [0.717, 1.165) is 31.5 Å². The zero-order valence-electron chi connectivity index (χ0n) is 17.8. The minimum absolute atomic E-state index is 0.0415. The van der Waals surface area contributed by atoms with Crippen molar-refractivity contribution in [1.29, 1.82) is 0 Å². The van der Waals surface area contributed by atoms with E-state index >= 15 is 0 Å². The van der Waals surface area contributed by atoms with E-state index in [1.807, 2.05) is 4.90 Å². The lowest BCUT2D eigenvalue weighted by Crippen LogP contribution is -2.33. The first kappa shape index (κ1) is 21.5. The summed E-state index contributed by atoms with van der Waals surface area (Å²) in [6.45, 7) is 1.97. The van der Waals surface area contributed by atoms with Gasteiger partial charge in [-0.1, -0.05) is 11.2 Å². The highest BCUT2D eigenvalue weighted by molar-refractivity contribution is 5.94. The van der Waals surface area contributed by atoms with Crippen LogP contribution >= 0.6 is 0 Å². The predicted octanol–water partition coefficient (Wildman–Crippen LogP) is 3.82. The molecule has 9 heteroatoms. The van der Waals surface area contributed by atoms with Crippen molar-refractivity contribution in [2.24, 2.45) is 0 Å². The number of hydrogen-bond acceptors (Lipinski definition) is 5. The average Bonchev–Trinajstić information content (AvgIpc) is 3.49. The Morgan fingerprint density at radius 1 is 1.16 bits per heavy atom. The summed E-state index contributed by atoms with van der Waals surface area (Å²) in [5, 5.41) is 6.61. The van der Waals surface area contributed by atoms with E-state index in [2.05, 4.69) is 15.5 Å². The van der Waals surface area contributed by atoms with Gasteiger partial charge in [-0.05, 0) is 55.3 Å². The minimum Gasteiger partial charge on any atom is -0.339 e. The molecular formula is C23H24FN5O3. The smallest absolute Gasteiger partial charge is 0.321 e. The Morgan fingerprint density at radius 2 is 1.91 bits per heavy atom. The summed E-state index contributed by atoms with van der Waals surface area (Å²) < 4.78 is 18.6. The zero-order valence-corrected chi connectivity index (χ0v) is 17.8. The predicted molar refractivity (Wildman–Crippen MR) is 117 cm³/mol. The van der Waals surface area contributed by atoms with Gasteiger partial charge in [-0.3, -0.25) is 4.79 Å². The SMILES string of the molecule is CN(CCc1noc(-c2ccc(C(=O)N3CCCC3)cc2)n1)C(=O)Nc1cccc(F)c1. The van der Waals surface area contributed by atoms with Gasteiger partial charge in [-0.2, -0.15) is 4.98 Å². The molecule has 0 unspecified atom stereocenters. The van der Waals surface area contributed by atoms with Crippen molar-refractivity contribution in [1.82, 2.24) is 19.9 Å². The Balaban J connectivity index is 1.31. The molecule has 1 aromatic heterocycles. The van der Waals surface area contributed by atoms with Crippen LogP contribution in [-0.2, 0) is 6.42 Å². The topological polar surface area (TPSA) is 91.6 Å². The number of urea groups is 1. The number of amides is 3. The van der Waals surface area contributed by atoms with Crippen molar-refractivity contribution >= 4 is 17.6 Å². The second-order valence-corrected chi connectivity index (χ2v) is 7.70. The van der Waals surface area contributed by atoms with Gasteiger partial charge in [0.05, 0.1) is 0 Å². The molecule has 0 saturated carbocycles. The fourth-order valence-corrected chi connectivity index (χ4v) is 3.49. The van der Waals surface area contributed by atoms with Crippen LogP contribution < -0.4 is 5.32 Å². The maximum atomic E-state index is 13.3. The highest BCUT2D eigenvalue weighted by Crippen LogP contribution is 2.20. The molecule has 32 heavy (non-hydrogen) atoms. The fraction of sp³-hybridized carbons (Fsp3) is 0.304. The third kappa shape index (κ3) is 5.11. The molecule has 0 spiro atoms. The third-order valence-electron chi connectivity index (χ3n) is 5.33. The lowest BCUT2D eigenvalue weighted by atomic mass is 10.1. The van der Waals surface area contributed by atoms with E-state index in [9.17, 15) is 14.0 Å². The van der Waals surface area contributed by atoms with Gasteiger partial charge >= 0.3 is 6.03 Å². The monoisotopic (exact) mass is 437 g/mol. The number of halogens is 1. The number of rotatable bonds is 6. The standard InChI is InChI=1S/C23H24FN5O3/c1-28(23(31)25-19-6-4-5-18(24)15-19)14-11-20-26-21(32-27-20)16-7-9-17(10-8-16)22(30)29-12-2-3-13-29/h4-10,15H,2-3,11-14H2,1H3,(H,25,31). The second-order valence-electron chi connectivity index (χ2n) is 7.70. The molecule has 0 radical (unpaired) electrons. The molecule has 1 N–H and O–H groups in total. The molecule has 1 saturated heterocycles. The molecule has 3 amide bonds. The number of hydrogen-bond donors (Lipinski definition) is 1. The Bertz CT molecular complexity index is 1090. The molecule has 166 valence electrons. The Morgan fingerprint density at radius 3 is 2.62 bits per heavy atom. The second kappa shape index (κ2) is 9.59. The molecule has 4 rings (SSSR count). The van der Waals surface area contributed by atoms with Crippen molar-refractivity contribution in [3.05, 3.63) is 65.7 Å². The van der Waals surface area contributed by atoms with E-state index in [0.29, 0.717) is 35.9 Å². The molecule has 3 aromatic rings. The van der Waals surface area contributed by atoms with Crippen LogP contribution in [-0.4, -0.2) is 58.6 Å². The van der Waals surface area contributed by atoms with Gasteiger partial charge in [0, 0.05) is 49.9 Å². The largest absolute Gasteiger partial charge is 0.339 e. The highest BCUT2D eigenvalue weighted by Gasteiger charge is 2.20. The van der Waals surface area contributed by atoms with Crippen molar-refractivity contribution in [3.63, 3.8) is 0 Å². The van der Waals surface area contributed by atoms with Gasteiger partial charge in [0.15, 0.2) is 5.82 Å². The molecule has 0 aliphatic carbocycles. The molecule has 1 aliphatic heterocycles. The van der Waals surface area contributed by atoms with Gasteiger partial charge < -0.3 is 19.6 Å². The average molecular weight is 437 g/mol. The first-order valence-corrected chi connectivity index (χ1v) is 10.5. The van der Waals surface area contributed by atoms with E-state index in [1.165, 1.54) is 23.1 Å². The molecule has 2 heterocycles. The molecule has 0 atom stereocenters. The molecular weight excluding hydrogens is 413 g/mol. The summed E-state index contributed by atoms with van der Waals surface area (Å²) in [7, 11) is 1.63. The fourth-order valence-electron chi connectivity index (χ4n) is 3.49. The Kier molecular flexibility index (Phi) is 6.44. The number of nitrogens with zero attached hydrogens (tertiary/aromatic N) is 4. The maximum absolute atomic E-state index is 13.3. The van der Waals surface area contributed by atoms with Crippen molar-refractivity contribution in [3.8, 4) is 11.5 Å². The minimum atomic E-state index is -0.418. The van der Waals surface area contributed by atoms with Crippen molar-refractivity contribution in [2.45, 2.75) is 19.3 Å². The van der Waals surface area contributed by atoms with Crippen LogP contribution in [0.2, 0.25) is 0 Å². The summed E-state index contributed by atoms with van der Waals surface area (Å²) in [5.74, 6) is 0.438. The number of aromatic nitrogens is 2. The Hall–Kier alpha value is -3.75. The van der Waals surface area contributed by atoms with Gasteiger partial charge in [0.25, 0.3) is 11.8 Å². The molecule has 1 fully saturated rings. The first-order valence-electron chi connectivity index (χ1n) is 10.5. The molecule has 8 nitrogen and oxygen atoms in total. The normalized spacial score (nSPS) is 13.2. The highest BCUT2D eigenvalue weighted by atomic mass is 19.1. The van der Waals surface area contributed by atoms with Crippen LogP contribution in [0.15, 0.2) is 53.1 Å². The van der Waals surface area contributed by atoms with Crippen LogP contribution in [0, 0.1) is 5.82 Å². The van der Waals surface area contributed by atoms with Crippen LogP contribution in [0.1, 0.15) is 29.0 Å². The number of likely N-dealkylation sites (tertiary alicyclic amines) is 1. The summed E-state index contributed by atoms with van der Waals surface area (Å²) in [6, 6.07) is 12.5. The molecule has 1 aliphatic rings. The summed E-state index contributed by atoms with van der Waals surface area (Å²) in [6.07, 6.45) is 2.49. The van der Waals surface area contributed by atoms with Gasteiger partial charge in [0.1, 0.15) is 5.82 Å². The van der Waals surface area contributed by atoms with E-state index in [4.69, 9.17) is 4.52 Å². The first-order chi connectivity index (χ1) is 15.5. The number of likely N-dealkylation sites (N-methyl/N-ethyl adjacent to an activating group) is 1. The summed E-state index contributed by atoms with van der Waals surface area (Å²) in [5.41, 5.74) is 1.75. The van der Waals surface area contributed by atoms with Crippen LogP contribution in [0.3, 0.4) is 0 Å². The number of benzene rings is 2. The van der Waals surface area contributed by atoms with Gasteiger partial charge in [0.2, 0.25) is 0 Å². The lowest BCUT2D eigenvalue weighted by molar-refractivity contribution is 0.0793. The number of anilines is 1. The number of nitrogens with one attached hydrogen (secondary N) is 1. The quantitative estimate of drug-likeness (QED) is 0.633. The van der Waals surface area contributed by atoms with Gasteiger partial charge in [-0.25, -0.2) is 9.18 Å². The summed E-state index contributed by atoms with van der Waals surface area (Å²) in [4.78, 5) is 32.4. The molecule has 2 aromatic carbocycles. The molecule has 0 bridgehead atoms. The van der Waals surface area contributed by atoms with Gasteiger partial charge in [-0.15, -0.1) is 0 Å². The van der Waals surface area contributed by atoms with E-state index in [-0.39, 0.29) is 11.9 Å². The number of carbonyl (C=O) groups excluding carboxylic acids is 2. The number of carbonyl (C=O) groups is 2. The third-order valence-corrected chi connectivity index (χ3v) is 5.33. The van der Waals surface area contributed by atoms with Crippen LogP contribution in [0.5, 0.6) is 0 Å². The van der Waals surface area contributed by atoms with Crippen LogP contribution in [0.4, 0.5) is 14.9 Å². The maximum Gasteiger partial charge on any atom is 0.321 e. The van der Waals surface area contributed by atoms with E-state index < -0.39 is 5.82 Å². The lowest BCUT2D eigenvalue weighted by Gasteiger charge is -2.17. The zero-order chi connectivity index (χ0) is 22.5. The Labute approximate surface area is 185 Å². The van der Waals surface area contributed by atoms with E-state index in [1.54, 1.807) is 37.4 Å². The van der Waals surface area contributed by atoms with Crippen molar-refractivity contribution < 1.29 is 18.5 Å².